The van der Waals surface area contributed by atoms with Gasteiger partial charge in [0.25, 0.3) is 5.91 Å². The van der Waals surface area contributed by atoms with Crippen molar-refractivity contribution < 1.29 is 19.1 Å². The summed E-state index contributed by atoms with van der Waals surface area (Å²) in [5.74, 6) is 1.79. The Morgan fingerprint density at radius 3 is 2.22 bits per heavy atom. The molecule has 4 aromatic rings. The molecule has 1 aliphatic carbocycles. The summed E-state index contributed by atoms with van der Waals surface area (Å²) >= 11 is 6.37. The van der Waals surface area contributed by atoms with Crippen LogP contribution in [0.5, 0.6) is 11.5 Å². The minimum atomic E-state index is -0.398. The Labute approximate surface area is 276 Å². The maximum atomic E-state index is 13.7. The molecule has 8 nitrogen and oxygen atoms in total. The summed E-state index contributed by atoms with van der Waals surface area (Å²) in [5, 5.41) is 1.75. The second-order valence-electron chi connectivity index (χ2n) is 11.9. The van der Waals surface area contributed by atoms with Crippen molar-refractivity contribution in [2.24, 2.45) is 0 Å². The molecular weight excluding hydrogens is 600 g/mol. The predicted octanol–water partition coefficient (Wildman–Crippen LogP) is 7.41. The molecule has 1 saturated heterocycles. The zero-order valence-electron chi connectivity index (χ0n) is 26.9. The number of nitrogens with one attached hydrogen (secondary N) is 1. The lowest BCUT2D eigenvalue weighted by Crippen LogP contribution is -2.49. The van der Waals surface area contributed by atoms with E-state index < -0.39 is 12.1 Å². The van der Waals surface area contributed by atoms with Crippen LogP contribution in [0.3, 0.4) is 0 Å². The Bertz CT molecular complexity index is 1660. The minimum Gasteiger partial charge on any atom is -0.484 e. The van der Waals surface area contributed by atoms with E-state index in [1.54, 1.807) is 4.90 Å². The molecule has 1 unspecified atom stereocenters. The monoisotopic (exact) mass is 642 g/mol. The van der Waals surface area contributed by atoms with Gasteiger partial charge in [-0.15, -0.1) is 0 Å². The molecule has 1 atom stereocenters. The van der Waals surface area contributed by atoms with Gasteiger partial charge in [-0.1, -0.05) is 56.6 Å². The van der Waals surface area contributed by atoms with E-state index in [1.165, 1.54) is 18.4 Å². The number of piperazine rings is 1. The number of rotatable bonds is 7. The van der Waals surface area contributed by atoms with E-state index in [2.05, 4.69) is 28.9 Å². The van der Waals surface area contributed by atoms with Crippen LogP contribution >= 0.6 is 11.6 Å². The van der Waals surface area contributed by atoms with Crippen LogP contribution in [0.2, 0.25) is 5.02 Å². The number of benzene rings is 3. The molecule has 1 aromatic heterocycles. The lowest BCUT2D eigenvalue weighted by atomic mass is 9.92. The lowest BCUT2D eigenvalue weighted by Gasteiger charge is -2.35. The predicted molar refractivity (Wildman–Crippen MR) is 182 cm³/mol. The van der Waals surface area contributed by atoms with Crippen LogP contribution in [0.1, 0.15) is 68.0 Å². The number of hydrogen-bond acceptors (Lipinski definition) is 5. The topological polar surface area (TPSA) is 78.1 Å². The number of aromatic amines is 1. The van der Waals surface area contributed by atoms with Crippen LogP contribution in [0.15, 0.2) is 66.7 Å². The number of likely N-dealkylation sites (N-methyl/N-ethyl adjacent to an activating group) is 1. The molecule has 242 valence electrons. The second kappa shape index (κ2) is 14.2. The first-order valence-electron chi connectivity index (χ1n) is 16.6. The maximum absolute atomic E-state index is 13.7. The molecule has 1 saturated carbocycles. The smallest absolute Gasteiger partial charge is 0.416 e. The van der Waals surface area contributed by atoms with Gasteiger partial charge in [-0.2, -0.15) is 0 Å². The van der Waals surface area contributed by atoms with Crippen molar-refractivity contribution in [2.75, 3.05) is 45.9 Å². The van der Waals surface area contributed by atoms with E-state index >= 15 is 0 Å². The van der Waals surface area contributed by atoms with E-state index in [1.807, 2.05) is 73.3 Å². The Balaban J connectivity index is 0.00000182. The largest absolute Gasteiger partial charge is 0.484 e. The summed E-state index contributed by atoms with van der Waals surface area (Å²) in [6.07, 6.45) is 2.73. The molecule has 2 fully saturated rings. The summed E-state index contributed by atoms with van der Waals surface area (Å²) in [6.45, 7) is 10.9. The number of carbonyl (C=O) groups excluding carboxylic acids is 2. The van der Waals surface area contributed by atoms with Gasteiger partial charge >= 0.3 is 6.09 Å². The van der Waals surface area contributed by atoms with E-state index in [9.17, 15) is 9.59 Å². The number of fused-ring (bicyclic) bond motifs is 3. The lowest BCUT2D eigenvalue weighted by molar-refractivity contribution is -0.135. The van der Waals surface area contributed by atoms with Gasteiger partial charge in [-0.05, 0) is 90.9 Å². The van der Waals surface area contributed by atoms with E-state index in [-0.39, 0.29) is 12.5 Å². The quantitative estimate of drug-likeness (QED) is 0.227. The number of ether oxygens (including phenoxy) is 2. The number of aromatic nitrogens is 1. The molecule has 7 rings (SSSR count). The van der Waals surface area contributed by atoms with Crippen molar-refractivity contribution in [3.05, 3.63) is 94.1 Å². The highest BCUT2D eigenvalue weighted by molar-refractivity contribution is 6.31. The third-order valence-electron chi connectivity index (χ3n) is 9.19. The maximum Gasteiger partial charge on any atom is 0.416 e. The van der Waals surface area contributed by atoms with Gasteiger partial charge in [0.15, 0.2) is 6.61 Å². The standard InChI is InChI=1S/C35H37ClN4O4.C2H6/c1-2-38-17-19-39(20-18-38)32(41)22-43-27-10-7-25(8-11-27)34-33-29(30-21-26(36)9-14-31(30)37-33)15-16-40(34)35(42)44-28-12-5-24(6-13-28)23-3-4-23;1-2/h5-14,21,23,34,37H,2-4,15-20,22H2,1H3;1-2H3. The van der Waals surface area contributed by atoms with Gasteiger partial charge < -0.3 is 24.3 Å². The first-order chi connectivity index (χ1) is 22.5. The van der Waals surface area contributed by atoms with Crippen molar-refractivity contribution in [3.63, 3.8) is 0 Å². The fourth-order valence-electron chi connectivity index (χ4n) is 6.48. The van der Waals surface area contributed by atoms with Crippen LogP contribution < -0.4 is 9.47 Å². The SMILES string of the molecule is CC.CCN1CCN(C(=O)COc2ccc(C3c4[nH]c5ccc(Cl)cc5c4CCN3C(=O)Oc3ccc(C4CC4)cc3)cc2)CC1. The molecule has 2 amide bonds. The molecule has 46 heavy (non-hydrogen) atoms. The Hall–Kier alpha value is -4.01. The molecule has 9 heteroatoms. The number of halogens is 1. The highest BCUT2D eigenvalue weighted by Gasteiger charge is 2.36. The average molecular weight is 643 g/mol. The number of hydrogen-bond donors (Lipinski definition) is 1. The first-order valence-corrected chi connectivity index (χ1v) is 17.0. The van der Waals surface area contributed by atoms with Crippen molar-refractivity contribution in [3.8, 4) is 11.5 Å². The average Bonchev–Trinajstić information content (AvgIpc) is 3.89. The van der Waals surface area contributed by atoms with Gasteiger partial charge in [0.05, 0.1) is 0 Å². The van der Waals surface area contributed by atoms with Gasteiger partial charge in [-0.25, -0.2) is 4.79 Å². The fraction of sp³-hybridized carbons (Fsp3) is 0.405. The molecule has 0 radical (unpaired) electrons. The number of H-pyrrole nitrogens is 1. The van der Waals surface area contributed by atoms with Gasteiger partial charge in [0, 0.05) is 54.3 Å². The molecule has 2 aliphatic heterocycles. The zero-order chi connectivity index (χ0) is 32.2. The molecule has 0 spiro atoms. The molecule has 0 bridgehead atoms. The number of carbonyl (C=O) groups is 2. The van der Waals surface area contributed by atoms with Gasteiger partial charge in [0.1, 0.15) is 17.5 Å². The molecule has 3 aromatic carbocycles. The summed E-state index contributed by atoms with van der Waals surface area (Å²) in [4.78, 5) is 36.0. The van der Waals surface area contributed by atoms with E-state index in [0.29, 0.717) is 35.4 Å². The third kappa shape index (κ3) is 6.88. The van der Waals surface area contributed by atoms with Crippen molar-refractivity contribution in [1.29, 1.82) is 0 Å². The molecule has 3 aliphatic rings. The van der Waals surface area contributed by atoms with Crippen LogP contribution in [0.4, 0.5) is 4.79 Å². The van der Waals surface area contributed by atoms with Crippen LogP contribution in [-0.4, -0.2) is 77.6 Å². The zero-order valence-corrected chi connectivity index (χ0v) is 27.7. The van der Waals surface area contributed by atoms with E-state index in [4.69, 9.17) is 21.1 Å². The number of amides is 2. The van der Waals surface area contributed by atoms with Gasteiger partial charge in [0.2, 0.25) is 0 Å². The Morgan fingerprint density at radius 2 is 1.54 bits per heavy atom. The summed E-state index contributed by atoms with van der Waals surface area (Å²) in [6, 6.07) is 21.0. The highest BCUT2D eigenvalue weighted by Crippen LogP contribution is 2.41. The summed E-state index contributed by atoms with van der Waals surface area (Å²) < 4.78 is 11.8. The normalized spacial score (nSPS) is 18.0. The summed E-state index contributed by atoms with van der Waals surface area (Å²) in [5.41, 5.74) is 5.29. The first kappa shape index (κ1) is 32.0. The third-order valence-corrected chi connectivity index (χ3v) is 9.42. The molecular formula is C37H43ClN4O4. The van der Waals surface area contributed by atoms with Crippen molar-refractivity contribution in [1.82, 2.24) is 19.7 Å². The minimum absolute atomic E-state index is 0.000185. The van der Waals surface area contributed by atoms with Crippen LogP contribution in [0.25, 0.3) is 10.9 Å². The Morgan fingerprint density at radius 1 is 0.870 bits per heavy atom. The fourth-order valence-corrected chi connectivity index (χ4v) is 6.66. The highest BCUT2D eigenvalue weighted by atomic mass is 35.5. The van der Waals surface area contributed by atoms with Crippen LogP contribution in [-0.2, 0) is 11.2 Å². The van der Waals surface area contributed by atoms with Gasteiger partial charge in [-0.3, -0.25) is 9.69 Å². The summed E-state index contributed by atoms with van der Waals surface area (Å²) in [7, 11) is 0. The Kier molecular flexibility index (Phi) is 9.85. The van der Waals surface area contributed by atoms with Crippen molar-refractivity contribution in [2.45, 2.75) is 52.0 Å². The molecule has 3 heterocycles. The molecule has 1 N–H and O–H groups in total. The van der Waals surface area contributed by atoms with Crippen LogP contribution in [0, 0.1) is 0 Å². The van der Waals surface area contributed by atoms with Crippen molar-refractivity contribution >= 4 is 34.5 Å². The van der Waals surface area contributed by atoms with E-state index in [0.717, 1.165) is 60.4 Å². The second-order valence-corrected chi connectivity index (χ2v) is 12.4. The number of nitrogens with zero attached hydrogens (tertiary/aromatic N) is 3.